The van der Waals surface area contributed by atoms with Crippen molar-refractivity contribution in [3.8, 4) is 0 Å². The molecule has 1 aliphatic carbocycles. The molecule has 2 fully saturated rings. The lowest BCUT2D eigenvalue weighted by molar-refractivity contribution is 0.107. The third-order valence-corrected chi connectivity index (χ3v) is 3.95. The molecule has 1 N–H and O–H groups in total. The maximum Gasteiger partial charge on any atom is 0.0951 e. The molecule has 0 radical (unpaired) electrons. The van der Waals surface area contributed by atoms with Crippen molar-refractivity contribution in [3.05, 3.63) is 18.2 Å². The van der Waals surface area contributed by atoms with Gasteiger partial charge in [-0.05, 0) is 12.8 Å². The van der Waals surface area contributed by atoms with Crippen molar-refractivity contribution in [1.82, 2.24) is 19.4 Å². The van der Waals surface area contributed by atoms with Gasteiger partial charge >= 0.3 is 0 Å². The van der Waals surface area contributed by atoms with Crippen LogP contribution in [0.2, 0.25) is 0 Å². The smallest absolute Gasteiger partial charge is 0.0951 e. The number of imidazole rings is 1. The summed E-state index contributed by atoms with van der Waals surface area (Å²) in [6, 6.07) is 0.721. The number of aliphatic hydroxyl groups is 1. The molecule has 3 rings (SSSR count). The molecule has 5 heteroatoms. The maximum atomic E-state index is 8.93. The number of hydrogen-bond donors (Lipinski definition) is 1. The highest BCUT2D eigenvalue weighted by Crippen LogP contribution is 2.35. The number of β-amino-alcohol motifs (C(OH)–C–C–N with tert-alkyl or cyclic N) is 1. The monoisotopic (exact) mass is 250 g/mol. The molecule has 1 aromatic heterocycles. The Kier molecular flexibility index (Phi) is 3.63. The van der Waals surface area contributed by atoms with Crippen LogP contribution in [-0.4, -0.2) is 63.8 Å². The predicted octanol–water partition coefficient (Wildman–Crippen LogP) is 0.328. The average molecular weight is 250 g/mol. The Morgan fingerprint density at radius 3 is 2.56 bits per heavy atom. The van der Waals surface area contributed by atoms with Crippen molar-refractivity contribution in [3.63, 3.8) is 0 Å². The Balaban J connectivity index is 1.52. The van der Waals surface area contributed by atoms with E-state index in [1.165, 1.54) is 18.5 Å². The summed E-state index contributed by atoms with van der Waals surface area (Å²) in [6.45, 7) is 6.42. The van der Waals surface area contributed by atoms with Gasteiger partial charge in [0.25, 0.3) is 0 Å². The zero-order valence-corrected chi connectivity index (χ0v) is 10.8. The van der Waals surface area contributed by atoms with Crippen LogP contribution in [0.15, 0.2) is 12.5 Å². The minimum absolute atomic E-state index is 0.272. The highest BCUT2D eigenvalue weighted by atomic mass is 16.3. The summed E-state index contributed by atoms with van der Waals surface area (Å²) in [5.41, 5.74) is 1.35. The van der Waals surface area contributed by atoms with E-state index < -0.39 is 0 Å². The molecule has 0 aromatic carbocycles. The second kappa shape index (κ2) is 5.38. The fourth-order valence-electron chi connectivity index (χ4n) is 2.68. The van der Waals surface area contributed by atoms with E-state index in [1.54, 1.807) is 0 Å². The van der Waals surface area contributed by atoms with Crippen LogP contribution >= 0.6 is 0 Å². The Labute approximate surface area is 108 Å². The Morgan fingerprint density at radius 2 is 1.89 bits per heavy atom. The van der Waals surface area contributed by atoms with E-state index in [0.29, 0.717) is 0 Å². The van der Waals surface area contributed by atoms with E-state index in [0.717, 1.165) is 45.3 Å². The SMILES string of the molecule is OCCN1CCN(Cc2cncn2C2CC2)CC1. The predicted molar refractivity (Wildman–Crippen MR) is 69.3 cm³/mol. The van der Waals surface area contributed by atoms with Gasteiger partial charge in [0.15, 0.2) is 0 Å². The molecule has 1 aliphatic heterocycles. The van der Waals surface area contributed by atoms with Crippen LogP contribution in [0, 0.1) is 0 Å². The fraction of sp³-hybridized carbons (Fsp3) is 0.769. The van der Waals surface area contributed by atoms with E-state index in [1.807, 2.05) is 12.5 Å². The van der Waals surface area contributed by atoms with Crippen molar-refractivity contribution in [2.24, 2.45) is 0 Å². The number of aromatic nitrogens is 2. The van der Waals surface area contributed by atoms with Crippen molar-refractivity contribution in [1.29, 1.82) is 0 Å². The summed E-state index contributed by atoms with van der Waals surface area (Å²) in [7, 11) is 0. The first-order valence-corrected chi connectivity index (χ1v) is 6.93. The molecule has 0 unspecified atom stereocenters. The third-order valence-electron chi connectivity index (χ3n) is 3.95. The zero-order chi connectivity index (χ0) is 12.4. The Bertz CT molecular complexity index is 380. The standard InChI is InChI=1S/C13H22N4O/c18-8-7-15-3-5-16(6-4-15)10-13-9-14-11-17(13)12-1-2-12/h9,11-12,18H,1-8,10H2. The van der Waals surface area contributed by atoms with E-state index in [-0.39, 0.29) is 6.61 Å². The second-order valence-corrected chi connectivity index (χ2v) is 5.36. The summed E-state index contributed by atoms with van der Waals surface area (Å²) < 4.78 is 2.35. The van der Waals surface area contributed by atoms with Crippen molar-refractivity contribution < 1.29 is 5.11 Å². The van der Waals surface area contributed by atoms with E-state index >= 15 is 0 Å². The van der Waals surface area contributed by atoms with Crippen LogP contribution in [0.25, 0.3) is 0 Å². The number of piperazine rings is 1. The number of aliphatic hydroxyl groups excluding tert-OH is 1. The van der Waals surface area contributed by atoms with Gasteiger partial charge in [0.05, 0.1) is 18.6 Å². The van der Waals surface area contributed by atoms with Crippen LogP contribution < -0.4 is 0 Å². The van der Waals surface area contributed by atoms with Gasteiger partial charge in [-0.2, -0.15) is 0 Å². The Morgan fingerprint density at radius 1 is 1.17 bits per heavy atom. The molecule has 100 valence electrons. The molecule has 0 atom stereocenters. The molecule has 18 heavy (non-hydrogen) atoms. The average Bonchev–Trinajstić information content (AvgIpc) is 3.13. The third kappa shape index (κ3) is 2.74. The quantitative estimate of drug-likeness (QED) is 0.818. The van der Waals surface area contributed by atoms with Gasteiger partial charge in [-0.3, -0.25) is 9.80 Å². The van der Waals surface area contributed by atoms with Crippen molar-refractivity contribution in [2.75, 3.05) is 39.3 Å². The first-order valence-electron chi connectivity index (χ1n) is 6.93. The lowest BCUT2D eigenvalue weighted by Gasteiger charge is -2.34. The highest BCUT2D eigenvalue weighted by Gasteiger charge is 2.26. The van der Waals surface area contributed by atoms with Gasteiger partial charge in [0, 0.05) is 51.5 Å². The van der Waals surface area contributed by atoms with Gasteiger partial charge in [-0.15, -0.1) is 0 Å². The van der Waals surface area contributed by atoms with Crippen LogP contribution in [0.3, 0.4) is 0 Å². The van der Waals surface area contributed by atoms with Gasteiger partial charge in [0.2, 0.25) is 0 Å². The number of rotatable bonds is 5. The van der Waals surface area contributed by atoms with Crippen LogP contribution in [-0.2, 0) is 6.54 Å². The Hall–Kier alpha value is -0.910. The van der Waals surface area contributed by atoms with Crippen LogP contribution in [0.5, 0.6) is 0 Å². The van der Waals surface area contributed by atoms with Crippen LogP contribution in [0.1, 0.15) is 24.6 Å². The van der Waals surface area contributed by atoms with Gasteiger partial charge < -0.3 is 9.67 Å². The molecule has 0 spiro atoms. The molecule has 1 saturated carbocycles. The lowest BCUT2D eigenvalue weighted by Crippen LogP contribution is -2.46. The van der Waals surface area contributed by atoms with Gasteiger partial charge in [0.1, 0.15) is 0 Å². The number of nitrogens with zero attached hydrogens (tertiary/aromatic N) is 4. The van der Waals surface area contributed by atoms with E-state index in [2.05, 4.69) is 19.4 Å². The summed E-state index contributed by atoms with van der Waals surface area (Å²) in [5, 5.41) is 8.93. The molecule has 1 saturated heterocycles. The van der Waals surface area contributed by atoms with Crippen molar-refractivity contribution >= 4 is 0 Å². The number of hydrogen-bond acceptors (Lipinski definition) is 4. The summed E-state index contributed by atoms with van der Waals surface area (Å²) >= 11 is 0. The van der Waals surface area contributed by atoms with E-state index in [4.69, 9.17) is 5.11 Å². The largest absolute Gasteiger partial charge is 0.395 e. The molecular weight excluding hydrogens is 228 g/mol. The second-order valence-electron chi connectivity index (χ2n) is 5.36. The molecule has 0 bridgehead atoms. The van der Waals surface area contributed by atoms with Gasteiger partial charge in [-0.1, -0.05) is 0 Å². The minimum atomic E-state index is 0.272. The molecular formula is C13H22N4O. The molecule has 5 nitrogen and oxygen atoms in total. The summed E-state index contributed by atoms with van der Waals surface area (Å²) in [5.74, 6) is 0. The zero-order valence-electron chi connectivity index (χ0n) is 10.8. The molecule has 1 aromatic rings. The van der Waals surface area contributed by atoms with E-state index in [9.17, 15) is 0 Å². The van der Waals surface area contributed by atoms with Gasteiger partial charge in [-0.25, -0.2) is 4.98 Å². The molecule has 2 heterocycles. The maximum absolute atomic E-state index is 8.93. The first kappa shape index (κ1) is 12.1. The highest BCUT2D eigenvalue weighted by molar-refractivity contribution is 5.03. The topological polar surface area (TPSA) is 44.5 Å². The normalized spacial score (nSPS) is 22.5. The van der Waals surface area contributed by atoms with Crippen LogP contribution in [0.4, 0.5) is 0 Å². The summed E-state index contributed by atoms with van der Waals surface area (Å²) in [6.07, 6.45) is 6.62. The molecule has 0 amide bonds. The first-order chi connectivity index (χ1) is 8.86. The van der Waals surface area contributed by atoms with Crippen molar-refractivity contribution in [2.45, 2.75) is 25.4 Å². The molecule has 2 aliphatic rings. The summed E-state index contributed by atoms with van der Waals surface area (Å²) in [4.78, 5) is 9.10. The fourth-order valence-corrected chi connectivity index (χ4v) is 2.68. The minimum Gasteiger partial charge on any atom is -0.395 e. The lowest BCUT2D eigenvalue weighted by atomic mass is 10.3.